The Morgan fingerprint density at radius 1 is 1.33 bits per heavy atom. The summed E-state index contributed by atoms with van der Waals surface area (Å²) in [7, 11) is 0. The summed E-state index contributed by atoms with van der Waals surface area (Å²) in [4.78, 5) is 11.8. The van der Waals surface area contributed by atoms with Gasteiger partial charge >= 0.3 is 0 Å². The maximum absolute atomic E-state index is 9.79. The molecule has 0 saturated carbocycles. The summed E-state index contributed by atoms with van der Waals surface area (Å²) in [5, 5.41) is 19.3. The molecule has 0 bridgehead atoms. The average Bonchev–Trinajstić information content (AvgIpc) is 2.85. The molecule has 2 N–H and O–H groups in total. The minimum absolute atomic E-state index is 0.0257. The average molecular weight is 291 g/mol. The van der Waals surface area contributed by atoms with E-state index in [2.05, 4.69) is 15.0 Å². The molecule has 0 aliphatic carbocycles. The molecule has 0 aromatic carbocycles. The van der Waals surface area contributed by atoms with Gasteiger partial charge in [0.05, 0.1) is 12.9 Å². The number of hydrogen-bond donors (Lipinski definition) is 2. The fourth-order valence-electron chi connectivity index (χ4n) is 1.87. The molecule has 3 heterocycles. The summed E-state index contributed by atoms with van der Waals surface area (Å²) in [5.41, 5.74) is 0.705. The van der Waals surface area contributed by atoms with Crippen molar-refractivity contribution in [2.45, 2.75) is 18.4 Å². The van der Waals surface area contributed by atoms with E-state index in [1.807, 2.05) is 0 Å². The van der Waals surface area contributed by atoms with Crippen molar-refractivity contribution in [3.8, 4) is 0 Å². The molecule has 1 saturated heterocycles. The summed E-state index contributed by atoms with van der Waals surface area (Å²) >= 11 is 11.6. The van der Waals surface area contributed by atoms with E-state index in [4.69, 9.17) is 27.9 Å². The van der Waals surface area contributed by atoms with Crippen molar-refractivity contribution in [1.82, 2.24) is 19.5 Å². The second-order valence-electron chi connectivity index (χ2n) is 3.89. The number of imidazole rings is 1. The Labute approximate surface area is 111 Å². The highest BCUT2D eigenvalue weighted by Crippen LogP contribution is 2.29. The van der Waals surface area contributed by atoms with Gasteiger partial charge in [-0.05, 0) is 11.6 Å². The van der Waals surface area contributed by atoms with E-state index < -0.39 is 18.4 Å². The molecule has 1 aliphatic heterocycles. The molecule has 0 unspecified atom stereocenters. The minimum Gasteiger partial charge on any atom is -0.388 e. The van der Waals surface area contributed by atoms with Crippen LogP contribution in [0.15, 0.2) is 6.33 Å². The molecule has 0 spiro atoms. The molecule has 3 rings (SSSR count). The molecule has 1 aliphatic rings. The van der Waals surface area contributed by atoms with Crippen LogP contribution < -0.4 is 0 Å². The van der Waals surface area contributed by atoms with E-state index >= 15 is 0 Å². The van der Waals surface area contributed by atoms with Gasteiger partial charge in [0.15, 0.2) is 17.0 Å². The van der Waals surface area contributed by atoms with Crippen LogP contribution >= 0.6 is 23.2 Å². The van der Waals surface area contributed by atoms with Gasteiger partial charge in [-0.1, -0.05) is 11.6 Å². The lowest BCUT2D eigenvalue weighted by Crippen LogP contribution is -2.28. The first-order valence-corrected chi connectivity index (χ1v) is 5.87. The number of halogens is 2. The topological polar surface area (TPSA) is 93.3 Å². The van der Waals surface area contributed by atoms with E-state index in [0.717, 1.165) is 0 Å². The zero-order chi connectivity index (χ0) is 12.9. The standard InChI is InChI=1S/C9H8Cl2N4O3/c10-6-4-7(14-9(11)13-6)15(2-12-4)8-5(17)3(16)1-18-8/h2-3,5,8,16-17H,1H2/t3-,5+,8+/m0/s1. The van der Waals surface area contributed by atoms with Crippen molar-refractivity contribution in [3.05, 3.63) is 16.8 Å². The fourth-order valence-corrected chi connectivity index (χ4v) is 2.29. The maximum atomic E-state index is 9.79. The third-order valence-electron chi connectivity index (χ3n) is 2.75. The molecular formula is C9H8Cl2N4O3. The number of ether oxygens (including phenoxy) is 1. The van der Waals surface area contributed by atoms with Crippen molar-refractivity contribution in [3.63, 3.8) is 0 Å². The number of rotatable bonds is 1. The molecular weight excluding hydrogens is 283 g/mol. The van der Waals surface area contributed by atoms with Gasteiger partial charge in [-0.2, -0.15) is 4.98 Å². The normalized spacial score (nSPS) is 28.1. The van der Waals surface area contributed by atoms with E-state index in [-0.39, 0.29) is 17.0 Å². The second kappa shape index (κ2) is 4.29. The second-order valence-corrected chi connectivity index (χ2v) is 4.59. The van der Waals surface area contributed by atoms with Crippen molar-refractivity contribution >= 4 is 34.4 Å². The van der Waals surface area contributed by atoms with Gasteiger partial charge < -0.3 is 14.9 Å². The van der Waals surface area contributed by atoms with Crippen LogP contribution in [0.3, 0.4) is 0 Å². The first kappa shape index (κ1) is 12.1. The van der Waals surface area contributed by atoms with Gasteiger partial charge in [0.1, 0.15) is 17.7 Å². The summed E-state index contributed by atoms with van der Waals surface area (Å²) in [5.74, 6) is 0. The molecule has 3 atom stereocenters. The van der Waals surface area contributed by atoms with Crippen molar-refractivity contribution < 1.29 is 14.9 Å². The van der Waals surface area contributed by atoms with Gasteiger partial charge in [0.2, 0.25) is 5.28 Å². The fraction of sp³-hybridized carbons (Fsp3) is 0.444. The highest BCUT2D eigenvalue weighted by Gasteiger charge is 2.37. The molecule has 0 amide bonds. The van der Waals surface area contributed by atoms with Crippen LogP contribution in [0.25, 0.3) is 11.2 Å². The van der Waals surface area contributed by atoms with Crippen LogP contribution in [-0.4, -0.2) is 48.5 Å². The predicted octanol–water partition coefficient (Wildman–Crippen LogP) is 0.384. The molecule has 96 valence electrons. The first-order valence-electron chi connectivity index (χ1n) is 5.11. The molecule has 1 fully saturated rings. The lowest BCUT2D eigenvalue weighted by Gasteiger charge is -2.16. The smallest absolute Gasteiger partial charge is 0.225 e. The largest absolute Gasteiger partial charge is 0.388 e. The zero-order valence-corrected chi connectivity index (χ0v) is 10.4. The van der Waals surface area contributed by atoms with Gasteiger partial charge in [-0.15, -0.1) is 0 Å². The summed E-state index contributed by atoms with van der Waals surface area (Å²) in [6, 6.07) is 0. The molecule has 2 aromatic heterocycles. The van der Waals surface area contributed by atoms with E-state index in [9.17, 15) is 10.2 Å². The van der Waals surface area contributed by atoms with Crippen LogP contribution in [0.2, 0.25) is 10.4 Å². The molecule has 0 radical (unpaired) electrons. The van der Waals surface area contributed by atoms with E-state index in [1.54, 1.807) is 0 Å². The molecule has 18 heavy (non-hydrogen) atoms. The lowest BCUT2D eigenvalue weighted by atomic mass is 10.2. The number of aliphatic hydroxyl groups excluding tert-OH is 2. The lowest BCUT2D eigenvalue weighted by molar-refractivity contribution is -0.0162. The zero-order valence-electron chi connectivity index (χ0n) is 8.86. The van der Waals surface area contributed by atoms with Gasteiger partial charge in [-0.25, -0.2) is 9.97 Å². The van der Waals surface area contributed by atoms with Crippen molar-refractivity contribution in [2.75, 3.05) is 6.61 Å². The molecule has 2 aromatic rings. The quantitative estimate of drug-likeness (QED) is 0.583. The molecule has 7 nitrogen and oxygen atoms in total. The number of fused-ring (bicyclic) bond motifs is 1. The number of hydrogen-bond acceptors (Lipinski definition) is 6. The third-order valence-corrected chi connectivity index (χ3v) is 3.18. The van der Waals surface area contributed by atoms with Gasteiger partial charge in [-0.3, -0.25) is 4.57 Å². The van der Waals surface area contributed by atoms with Crippen molar-refractivity contribution in [1.29, 1.82) is 0 Å². The Morgan fingerprint density at radius 3 is 2.78 bits per heavy atom. The molecule has 9 heteroatoms. The van der Waals surface area contributed by atoms with Crippen LogP contribution in [0, 0.1) is 0 Å². The summed E-state index contributed by atoms with van der Waals surface area (Å²) < 4.78 is 6.75. The van der Waals surface area contributed by atoms with Crippen LogP contribution in [0.4, 0.5) is 0 Å². The van der Waals surface area contributed by atoms with E-state index in [1.165, 1.54) is 10.9 Å². The Morgan fingerprint density at radius 2 is 2.11 bits per heavy atom. The summed E-state index contributed by atoms with van der Waals surface area (Å²) in [6.07, 6.45) is -1.37. The monoisotopic (exact) mass is 290 g/mol. The number of aromatic nitrogens is 4. The Balaban J connectivity index is 2.13. The van der Waals surface area contributed by atoms with Gasteiger partial charge in [0, 0.05) is 0 Å². The van der Waals surface area contributed by atoms with Crippen LogP contribution in [0.5, 0.6) is 0 Å². The Hall–Kier alpha value is -0.990. The Bertz CT molecular complexity index is 605. The van der Waals surface area contributed by atoms with Gasteiger partial charge in [0.25, 0.3) is 0 Å². The van der Waals surface area contributed by atoms with Crippen molar-refractivity contribution in [2.24, 2.45) is 0 Å². The third kappa shape index (κ3) is 1.75. The first-order chi connectivity index (χ1) is 8.58. The minimum atomic E-state index is -1.06. The number of nitrogens with zero attached hydrogens (tertiary/aromatic N) is 4. The van der Waals surface area contributed by atoms with Crippen LogP contribution in [-0.2, 0) is 4.74 Å². The maximum Gasteiger partial charge on any atom is 0.225 e. The Kier molecular flexibility index (Phi) is 2.87. The SMILES string of the molecule is O[C@H]1[C@H](n2cnc3c(Cl)nc(Cl)nc32)OC[C@@H]1O. The highest BCUT2D eigenvalue weighted by molar-refractivity contribution is 6.35. The van der Waals surface area contributed by atoms with Crippen LogP contribution in [0.1, 0.15) is 6.23 Å². The van der Waals surface area contributed by atoms with E-state index in [0.29, 0.717) is 11.2 Å². The summed E-state index contributed by atoms with van der Waals surface area (Å²) in [6.45, 7) is 0.0397. The number of aliphatic hydroxyl groups is 2. The highest BCUT2D eigenvalue weighted by atomic mass is 35.5. The predicted molar refractivity (Wildman–Crippen MR) is 62.3 cm³/mol.